The number of guanidine groups is 1. The van der Waals surface area contributed by atoms with Gasteiger partial charge < -0.3 is 16.0 Å². The lowest BCUT2D eigenvalue weighted by Gasteiger charge is -2.25. The molecule has 1 aliphatic heterocycles. The van der Waals surface area contributed by atoms with Gasteiger partial charge in [-0.05, 0) is 32.1 Å². The lowest BCUT2D eigenvalue weighted by atomic mass is 10.1. The van der Waals surface area contributed by atoms with Crippen LogP contribution in [0.3, 0.4) is 0 Å². The van der Waals surface area contributed by atoms with E-state index in [1.807, 2.05) is 0 Å². The average Bonchev–Trinajstić information content (AvgIpc) is 3.21. The molecule has 3 N–H and O–H groups in total. The Morgan fingerprint density at radius 2 is 2.26 bits per heavy atom. The molecule has 1 heterocycles. The van der Waals surface area contributed by atoms with E-state index in [1.165, 1.54) is 25.7 Å². The molecule has 1 unspecified atom stereocenters. The van der Waals surface area contributed by atoms with Gasteiger partial charge >= 0.3 is 0 Å². The third-order valence-corrected chi connectivity index (χ3v) is 3.69. The van der Waals surface area contributed by atoms with Gasteiger partial charge in [0.1, 0.15) is 0 Å². The van der Waals surface area contributed by atoms with Crippen LogP contribution in [0, 0.1) is 5.92 Å². The molecule has 108 valence electrons. The molecular weight excluding hydrogens is 240 g/mol. The summed E-state index contributed by atoms with van der Waals surface area (Å²) in [6, 6.07) is 0.305. The van der Waals surface area contributed by atoms with E-state index in [9.17, 15) is 4.79 Å². The summed E-state index contributed by atoms with van der Waals surface area (Å²) in [5.74, 6) is 2.03. The summed E-state index contributed by atoms with van der Waals surface area (Å²) in [6.45, 7) is 4.54. The van der Waals surface area contributed by atoms with Crippen molar-refractivity contribution in [3.05, 3.63) is 0 Å². The predicted octanol–water partition coefficient (Wildman–Crippen LogP) is 1.01. The van der Waals surface area contributed by atoms with E-state index < -0.39 is 0 Å². The lowest BCUT2D eigenvalue weighted by molar-refractivity contribution is -0.122. The van der Waals surface area contributed by atoms with Crippen molar-refractivity contribution in [2.45, 2.75) is 51.5 Å². The lowest BCUT2D eigenvalue weighted by Crippen LogP contribution is -2.51. The molecule has 1 atom stereocenters. The molecule has 0 bridgehead atoms. The van der Waals surface area contributed by atoms with Crippen LogP contribution < -0.4 is 16.0 Å². The summed E-state index contributed by atoms with van der Waals surface area (Å²) in [5.41, 5.74) is 0. The number of carbonyl (C=O) groups excluding carboxylic acids is 1. The highest BCUT2D eigenvalue weighted by molar-refractivity contribution is 5.81. The number of nitrogens with zero attached hydrogens (tertiary/aromatic N) is 1. The molecule has 1 amide bonds. The Labute approximate surface area is 115 Å². The van der Waals surface area contributed by atoms with Gasteiger partial charge in [0.15, 0.2) is 5.96 Å². The van der Waals surface area contributed by atoms with E-state index in [-0.39, 0.29) is 5.91 Å². The fourth-order valence-electron chi connectivity index (χ4n) is 2.35. The monoisotopic (exact) mass is 266 g/mol. The first-order valence-electron chi connectivity index (χ1n) is 7.59. The molecule has 1 saturated carbocycles. The Morgan fingerprint density at radius 3 is 2.89 bits per heavy atom. The zero-order valence-corrected chi connectivity index (χ0v) is 11.9. The van der Waals surface area contributed by atoms with Gasteiger partial charge in [0, 0.05) is 32.1 Å². The standard InChI is InChI=1S/C14H26N4O/c1-2-15-14(16-9-3-4-11-5-6-11)18-12-7-8-13(19)17-10-12/h11-12H,2-10H2,1H3,(H,17,19)(H2,15,16,18). The van der Waals surface area contributed by atoms with E-state index in [0.29, 0.717) is 19.0 Å². The maximum Gasteiger partial charge on any atom is 0.220 e. The number of hydrogen-bond donors (Lipinski definition) is 3. The molecule has 0 radical (unpaired) electrons. The van der Waals surface area contributed by atoms with E-state index in [4.69, 9.17) is 0 Å². The number of nitrogens with one attached hydrogen (secondary N) is 3. The second-order valence-corrected chi connectivity index (χ2v) is 5.53. The van der Waals surface area contributed by atoms with Crippen molar-refractivity contribution in [2.24, 2.45) is 10.9 Å². The number of hydrogen-bond acceptors (Lipinski definition) is 2. The average molecular weight is 266 g/mol. The minimum absolute atomic E-state index is 0.157. The summed E-state index contributed by atoms with van der Waals surface area (Å²) in [4.78, 5) is 15.7. The van der Waals surface area contributed by atoms with Gasteiger partial charge in [-0.25, -0.2) is 0 Å². The topological polar surface area (TPSA) is 65.5 Å². The molecule has 0 aromatic rings. The van der Waals surface area contributed by atoms with Crippen LogP contribution in [0.25, 0.3) is 0 Å². The molecule has 0 aromatic carbocycles. The van der Waals surface area contributed by atoms with Gasteiger partial charge in [0.05, 0.1) is 0 Å². The van der Waals surface area contributed by atoms with Crippen molar-refractivity contribution in [3.8, 4) is 0 Å². The minimum Gasteiger partial charge on any atom is -0.357 e. The molecule has 19 heavy (non-hydrogen) atoms. The van der Waals surface area contributed by atoms with Crippen LogP contribution in [0.1, 0.15) is 45.4 Å². The van der Waals surface area contributed by atoms with Gasteiger partial charge in [0.25, 0.3) is 0 Å². The maximum absolute atomic E-state index is 11.1. The van der Waals surface area contributed by atoms with Crippen LogP contribution >= 0.6 is 0 Å². The Kier molecular flexibility index (Phi) is 5.48. The summed E-state index contributed by atoms with van der Waals surface area (Å²) in [6.07, 6.45) is 6.84. The number of carbonyl (C=O) groups is 1. The Bertz CT molecular complexity index is 315. The zero-order valence-electron chi connectivity index (χ0n) is 11.9. The van der Waals surface area contributed by atoms with Crippen molar-refractivity contribution in [1.29, 1.82) is 0 Å². The highest BCUT2D eigenvalue weighted by Gasteiger charge is 2.20. The Balaban J connectivity index is 1.70. The number of aliphatic imine (C=N–C) groups is 1. The van der Waals surface area contributed by atoms with E-state index in [0.717, 1.165) is 31.4 Å². The summed E-state index contributed by atoms with van der Waals surface area (Å²) in [5, 5.41) is 9.56. The number of piperidine rings is 1. The number of rotatable bonds is 6. The fourth-order valence-corrected chi connectivity index (χ4v) is 2.35. The molecule has 1 saturated heterocycles. The molecule has 2 fully saturated rings. The third-order valence-electron chi connectivity index (χ3n) is 3.69. The van der Waals surface area contributed by atoms with E-state index >= 15 is 0 Å². The van der Waals surface area contributed by atoms with Gasteiger partial charge in [-0.15, -0.1) is 0 Å². The zero-order chi connectivity index (χ0) is 13.5. The Morgan fingerprint density at radius 1 is 1.42 bits per heavy atom. The van der Waals surface area contributed by atoms with Crippen LogP contribution in [-0.4, -0.2) is 37.5 Å². The van der Waals surface area contributed by atoms with Crippen LogP contribution in [-0.2, 0) is 4.79 Å². The van der Waals surface area contributed by atoms with Crippen molar-refractivity contribution < 1.29 is 4.79 Å². The summed E-state index contributed by atoms with van der Waals surface area (Å²) >= 11 is 0. The van der Waals surface area contributed by atoms with Gasteiger partial charge in [0.2, 0.25) is 5.91 Å². The van der Waals surface area contributed by atoms with Gasteiger partial charge in [-0.2, -0.15) is 0 Å². The smallest absolute Gasteiger partial charge is 0.220 e. The van der Waals surface area contributed by atoms with Crippen molar-refractivity contribution in [3.63, 3.8) is 0 Å². The quantitative estimate of drug-likeness (QED) is 0.382. The SMILES string of the molecule is CCNC(=NCCCC1CC1)NC1CCC(=O)NC1. The first-order valence-corrected chi connectivity index (χ1v) is 7.59. The minimum atomic E-state index is 0.157. The van der Waals surface area contributed by atoms with Crippen molar-refractivity contribution in [2.75, 3.05) is 19.6 Å². The van der Waals surface area contributed by atoms with Crippen molar-refractivity contribution >= 4 is 11.9 Å². The molecule has 0 spiro atoms. The largest absolute Gasteiger partial charge is 0.357 e. The van der Waals surface area contributed by atoms with Gasteiger partial charge in [-0.1, -0.05) is 12.8 Å². The molecule has 2 aliphatic rings. The second kappa shape index (κ2) is 7.36. The summed E-state index contributed by atoms with van der Waals surface area (Å²) < 4.78 is 0. The summed E-state index contributed by atoms with van der Waals surface area (Å²) in [7, 11) is 0. The molecule has 0 aromatic heterocycles. The fraction of sp³-hybridized carbons (Fsp3) is 0.857. The predicted molar refractivity (Wildman–Crippen MR) is 77.1 cm³/mol. The van der Waals surface area contributed by atoms with Gasteiger partial charge in [-0.3, -0.25) is 9.79 Å². The van der Waals surface area contributed by atoms with E-state index in [2.05, 4.69) is 27.9 Å². The number of amides is 1. The highest BCUT2D eigenvalue weighted by Crippen LogP contribution is 2.33. The van der Waals surface area contributed by atoms with Crippen LogP contribution in [0.5, 0.6) is 0 Å². The first-order chi connectivity index (χ1) is 9.28. The van der Waals surface area contributed by atoms with Crippen LogP contribution in [0.4, 0.5) is 0 Å². The third kappa shape index (κ3) is 5.49. The van der Waals surface area contributed by atoms with E-state index in [1.54, 1.807) is 0 Å². The van der Waals surface area contributed by atoms with Crippen molar-refractivity contribution in [1.82, 2.24) is 16.0 Å². The Hall–Kier alpha value is -1.26. The second-order valence-electron chi connectivity index (χ2n) is 5.53. The first kappa shape index (κ1) is 14.2. The molecule has 1 aliphatic carbocycles. The maximum atomic E-state index is 11.1. The molecule has 2 rings (SSSR count). The molecule has 5 heteroatoms. The van der Waals surface area contributed by atoms with Crippen LogP contribution in [0.2, 0.25) is 0 Å². The van der Waals surface area contributed by atoms with Crippen LogP contribution in [0.15, 0.2) is 4.99 Å². The molecular formula is C14H26N4O. The highest BCUT2D eigenvalue weighted by atomic mass is 16.1. The molecule has 5 nitrogen and oxygen atoms in total. The normalized spacial score (nSPS) is 23.9.